The maximum atomic E-state index is 7.13. The van der Waals surface area contributed by atoms with Crippen LogP contribution in [0, 0.1) is 32.0 Å². The van der Waals surface area contributed by atoms with E-state index in [-0.39, 0.29) is 54.1 Å². The molecule has 0 atom stereocenters. The van der Waals surface area contributed by atoms with E-state index in [0.29, 0.717) is 0 Å². The summed E-state index contributed by atoms with van der Waals surface area (Å²) < 4.78 is 0. The van der Waals surface area contributed by atoms with Crippen molar-refractivity contribution >= 4 is 112 Å². The maximum absolute atomic E-state index is 7.13. The van der Waals surface area contributed by atoms with E-state index in [0.717, 1.165) is 0 Å². The van der Waals surface area contributed by atoms with Crippen molar-refractivity contribution in [3.8, 4) is 16.2 Å². The fraction of sp³-hybridized carbons (Fsp3) is 0.0727. The molecule has 0 heterocycles. The van der Waals surface area contributed by atoms with Crippen molar-refractivity contribution in [1.82, 2.24) is 0 Å². The van der Waals surface area contributed by atoms with Gasteiger partial charge in [0, 0.05) is 0 Å². The molecule has 0 radical (unpaired) electrons. The first kappa shape index (κ1) is 55.7. The van der Waals surface area contributed by atoms with E-state index in [9.17, 15) is 0 Å². The molecule has 0 aliphatic carbocycles. The summed E-state index contributed by atoms with van der Waals surface area (Å²) in [7, 11) is -1.39. The molecule has 3 nitrogen and oxygen atoms in total. The van der Waals surface area contributed by atoms with Gasteiger partial charge in [0.25, 0.3) is 0 Å². The van der Waals surface area contributed by atoms with Gasteiger partial charge in [0.2, 0.25) is 0 Å². The van der Waals surface area contributed by atoms with Gasteiger partial charge < -0.3 is 37.9 Å². The smallest absolute Gasteiger partial charge is 0.696 e. The van der Waals surface area contributed by atoms with E-state index < -0.39 is 0 Å². The summed E-state index contributed by atoms with van der Waals surface area (Å²) in [6.07, 6.45) is 4.83. The zero-order chi connectivity index (χ0) is 46.2. The van der Waals surface area contributed by atoms with Crippen LogP contribution >= 0.6 is 31.7 Å². The number of nitrogens with zero attached hydrogens (tertiary/aromatic N) is 3. The molecule has 332 valence electrons. The van der Waals surface area contributed by atoms with Crippen LogP contribution in [0.25, 0.3) is 0 Å². The average molecular weight is 1170 g/mol. The minimum atomic E-state index is -0.348. The molecular formula is C55H48AuN3P4S3. The van der Waals surface area contributed by atoms with Gasteiger partial charge in [0.05, 0.1) is 0 Å². The number of hydrogen-bond acceptors (Lipinski definition) is 6. The first-order valence-electron chi connectivity index (χ1n) is 20.6. The Kier molecular flexibility index (Phi) is 29.2. The second-order valence-corrected chi connectivity index (χ2v) is 23.5. The molecule has 0 aliphatic rings. The second-order valence-electron chi connectivity index (χ2n) is 13.6. The van der Waals surface area contributed by atoms with Crippen molar-refractivity contribution in [3.05, 3.63) is 243 Å². The molecular weight excluding hydrogens is 1120 g/mol. The fourth-order valence-electron chi connectivity index (χ4n) is 6.89. The third-order valence-electron chi connectivity index (χ3n) is 9.64. The Balaban J connectivity index is 0.000000294. The molecule has 8 rings (SSSR count). The molecule has 0 spiro atoms. The molecule has 0 N–H and O–H groups in total. The van der Waals surface area contributed by atoms with Gasteiger partial charge in [0.1, 0.15) is 0 Å². The van der Waals surface area contributed by atoms with Crippen molar-refractivity contribution in [1.29, 1.82) is 15.8 Å². The monoisotopic (exact) mass is 1170 g/mol. The van der Waals surface area contributed by atoms with E-state index in [1.165, 1.54) is 83.3 Å². The summed E-state index contributed by atoms with van der Waals surface area (Å²) in [4.78, 5) is 0. The Morgan fingerprint density at radius 3 is 0.424 bits per heavy atom. The first-order chi connectivity index (χ1) is 32.1. The molecule has 8 aromatic rings. The van der Waals surface area contributed by atoms with Gasteiger partial charge >= 0.3 is 22.4 Å². The number of benzene rings is 8. The van der Waals surface area contributed by atoms with Crippen LogP contribution in [0.3, 0.4) is 0 Å². The van der Waals surface area contributed by atoms with E-state index in [2.05, 4.69) is 281 Å². The minimum absolute atomic E-state index is 0. The number of hydrogen-bond donors (Lipinski definition) is 0. The SMILES string of the molecule is N#C[S-].N#C[S-].N#C[S-].[Au+3].c1ccc(P(CCP(c2ccccc2)c2ccccc2)c2ccccc2)cc1.c1ccc(P(CCP(c2ccccc2)c2ccccc2)c2ccccc2)cc1. The van der Waals surface area contributed by atoms with Gasteiger partial charge in [-0.15, -0.1) is 0 Å². The summed E-state index contributed by atoms with van der Waals surface area (Å²) in [6, 6.07) is 88.4. The van der Waals surface area contributed by atoms with E-state index in [1.807, 2.05) is 0 Å². The third-order valence-corrected chi connectivity index (χ3v) is 20.4. The van der Waals surface area contributed by atoms with Gasteiger partial charge in [-0.25, -0.2) is 15.8 Å². The Bertz CT molecular complexity index is 2060. The van der Waals surface area contributed by atoms with Crippen LogP contribution in [0.1, 0.15) is 0 Å². The van der Waals surface area contributed by atoms with Crippen molar-refractivity contribution in [2.75, 3.05) is 24.6 Å². The Labute approximate surface area is 430 Å². The number of rotatable bonds is 14. The van der Waals surface area contributed by atoms with Crippen molar-refractivity contribution in [2.24, 2.45) is 0 Å². The molecule has 0 aliphatic heterocycles. The van der Waals surface area contributed by atoms with Crippen LogP contribution in [0.15, 0.2) is 243 Å². The van der Waals surface area contributed by atoms with E-state index >= 15 is 0 Å². The van der Waals surface area contributed by atoms with Crippen LogP contribution < -0.4 is 42.4 Å². The normalized spacial score (nSPS) is 9.71. The zero-order valence-corrected chi connectivity index (χ0v) is 44.3. The van der Waals surface area contributed by atoms with Gasteiger partial charge in [-0.05, 0) is 98.8 Å². The largest absolute Gasteiger partial charge is 3.00 e. The van der Waals surface area contributed by atoms with Gasteiger partial charge in [-0.2, -0.15) is 0 Å². The molecule has 0 unspecified atom stereocenters. The van der Waals surface area contributed by atoms with Crippen LogP contribution in [-0.2, 0) is 60.3 Å². The molecule has 66 heavy (non-hydrogen) atoms. The summed E-state index contributed by atoms with van der Waals surface area (Å²) >= 11 is 11.1. The molecule has 0 saturated heterocycles. The van der Waals surface area contributed by atoms with Crippen LogP contribution in [0.2, 0.25) is 0 Å². The number of thiocyanates is 3. The summed E-state index contributed by atoms with van der Waals surface area (Å²) in [5.41, 5.74) is 0. The standard InChI is InChI=1S/2C26H24P2.3CHNS.Au/c2*1-5-13-23(14-6-1)27(24-15-7-2-8-16-24)21-22-28(25-17-9-3-10-18-25)26-19-11-4-12-20-26;3*2-1-3;/h2*1-20H,21-22H2;3*3H;/q;;;;;+3/p-3. The van der Waals surface area contributed by atoms with Crippen LogP contribution in [0.4, 0.5) is 0 Å². The predicted molar refractivity (Wildman–Crippen MR) is 295 cm³/mol. The fourth-order valence-corrected chi connectivity index (χ4v) is 17.6. The molecule has 0 fully saturated rings. The molecule has 0 aromatic heterocycles. The summed E-state index contributed by atoms with van der Waals surface area (Å²) in [5.74, 6) is 0. The van der Waals surface area contributed by atoms with Crippen molar-refractivity contribution in [3.63, 3.8) is 0 Å². The van der Waals surface area contributed by atoms with Crippen LogP contribution in [0.5, 0.6) is 0 Å². The molecule has 11 heteroatoms. The first-order valence-corrected chi connectivity index (χ1v) is 28.0. The second kappa shape index (κ2) is 34.6. The van der Waals surface area contributed by atoms with Crippen molar-refractivity contribution in [2.45, 2.75) is 0 Å². The summed E-state index contributed by atoms with van der Waals surface area (Å²) in [6.45, 7) is 0. The third kappa shape index (κ3) is 19.7. The van der Waals surface area contributed by atoms with Gasteiger partial charge in [-0.1, -0.05) is 259 Å². The van der Waals surface area contributed by atoms with Crippen LogP contribution in [-0.4, -0.2) is 24.6 Å². The number of nitriles is 3. The van der Waals surface area contributed by atoms with Gasteiger partial charge in [0.15, 0.2) is 0 Å². The molecule has 0 saturated carbocycles. The Morgan fingerprint density at radius 2 is 0.333 bits per heavy atom. The summed E-state index contributed by atoms with van der Waals surface area (Å²) in [5, 5.41) is 37.2. The Morgan fingerprint density at radius 1 is 0.242 bits per heavy atom. The minimum Gasteiger partial charge on any atom is -0.696 e. The van der Waals surface area contributed by atoms with E-state index in [4.69, 9.17) is 15.8 Å². The molecule has 0 bridgehead atoms. The predicted octanol–water partition coefficient (Wildman–Crippen LogP) is 10.5. The van der Waals surface area contributed by atoms with Gasteiger partial charge in [-0.3, -0.25) is 0 Å². The Hall–Kier alpha value is -4.65. The molecule has 0 amide bonds. The van der Waals surface area contributed by atoms with E-state index in [1.54, 1.807) is 0 Å². The zero-order valence-electron chi connectivity index (χ0n) is 36.1. The maximum Gasteiger partial charge on any atom is 3.00 e. The average Bonchev–Trinajstić information content (AvgIpc) is 3.37. The topological polar surface area (TPSA) is 71.4 Å². The quantitative estimate of drug-likeness (QED) is 0.0468. The molecule has 8 aromatic carbocycles. The van der Waals surface area contributed by atoms with Crippen molar-refractivity contribution < 1.29 is 22.4 Å².